The van der Waals surface area contributed by atoms with Crippen LogP contribution in [0.15, 0.2) is 54.9 Å². The second-order valence-electron chi connectivity index (χ2n) is 6.57. The van der Waals surface area contributed by atoms with E-state index in [0.717, 1.165) is 5.69 Å². The quantitative estimate of drug-likeness (QED) is 0.668. The predicted molar refractivity (Wildman–Crippen MR) is 99.7 cm³/mol. The highest BCUT2D eigenvalue weighted by atomic mass is 19.4. The second-order valence-corrected chi connectivity index (χ2v) is 6.57. The van der Waals surface area contributed by atoms with Crippen LogP contribution in [0.1, 0.15) is 41.4 Å². The van der Waals surface area contributed by atoms with Gasteiger partial charge in [0.2, 0.25) is 0 Å². The van der Waals surface area contributed by atoms with Gasteiger partial charge in [0.15, 0.2) is 5.82 Å². The molecule has 0 bridgehead atoms. The lowest BCUT2D eigenvalue weighted by Crippen LogP contribution is -2.24. The van der Waals surface area contributed by atoms with Crippen LogP contribution >= 0.6 is 0 Å². The number of nitrogens with one attached hydrogen (secondary N) is 1. The van der Waals surface area contributed by atoms with Crippen molar-refractivity contribution in [3.8, 4) is 11.6 Å². The van der Waals surface area contributed by atoms with Gasteiger partial charge in [-0.2, -0.15) is 5.10 Å². The number of aromatic nitrogens is 3. The molecular formula is C20H19F3N4O2. The number of benzene rings is 1. The Hall–Kier alpha value is -3.36. The molecule has 3 aromatic rings. The molecule has 2 aromatic heterocycles. The van der Waals surface area contributed by atoms with E-state index in [1.54, 1.807) is 23.0 Å². The van der Waals surface area contributed by atoms with E-state index in [4.69, 9.17) is 0 Å². The molecule has 152 valence electrons. The molecule has 1 aromatic carbocycles. The highest BCUT2D eigenvalue weighted by molar-refractivity contribution is 5.95. The molecule has 6 nitrogen and oxygen atoms in total. The van der Waals surface area contributed by atoms with Crippen molar-refractivity contribution < 1.29 is 22.7 Å². The molecule has 0 fully saturated rings. The fourth-order valence-electron chi connectivity index (χ4n) is 2.84. The molecule has 0 spiro atoms. The third-order valence-electron chi connectivity index (χ3n) is 4.07. The van der Waals surface area contributed by atoms with Crippen LogP contribution in [0.5, 0.6) is 5.75 Å². The van der Waals surface area contributed by atoms with Crippen LogP contribution in [0, 0.1) is 0 Å². The Morgan fingerprint density at radius 3 is 2.48 bits per heavy atom. The molecule has 0 aliphatic heterocycles. The molecule has 0 saturated carbocycles. The van der Waals surface area contributed by atoms with Crippen LogP contribution in [-0.2, 0) is 6.54 Å². The molecule has 0 unspecified atom stereocenters. The summed E-state index contributed by atoms with van der Waals surface area (Å²) in [7, 11) is 0. The third kappa shape index (κ3) is 5.13. The summed E-state index contributed by atoms with van der Waals surface area (Å²) in [6, 6.07) is 10.7. The number of halogens is 3. The van der Waals surface area contributed by atoms with Gasteiger partial charge in [-0.25, -0.2) is 9.67 Å². The molecule has 0 aliphatic rings. The number of nitrogens with zero attached hydrogens (tertiary/aromatic N) is 3. The summed E-state index contributed by atoms with van der Waals surface area (Å²) >= 11 is 0. The lowest BCUT2D eigenvalue weighted by molar-refractivity contribution is -0.274. The van der Waals surface area contributed by atoms with E-state index in [1.165, 1.54) is 30.5 Å². The summed E-state index contributed by atoms with van der Waals surface area (Å²) in [5.74, 6) is -0.0210. The van der Waals surface area contributed by atoms with E-state index in [9.17, 15) is 18.0 Å². The first-order valence-electron chi connectivity index (χ1n) is 8.87. The highest BCUT2D eigenvalue weighted by Gasteiger charge is 2.31. The minimum absolute atomic E-state index is 0.0130. The molecule has 29 heavy (non-hydrogen) atoms. The Morgan fingerprint density at radius 2 is 1.90 bits per heavy atom. The van der Waals surface area contributed by atoms with Gasteiger partial charge in [0.1, 0.15) is 5.75 Å². The maximum absolute atomic E-state index is 12.7. The van der Waals surface area contributed by atoms with Gasteiger partial charge in [-0.15, -0.1) is 13.2 Å². The highest BCUT2D eigenvalue weighted by Crippen LogP contribution is 2.24. The van der Waals surface area contributed by atoms with Crippen molar-refractivity contribution in [2.24, 2.45) is 0 Å². The number of hydrogen-bond acceptors (Lipinski definition) is 4. The molecule has 0 radical (unpaired) electrons. The van der Waals surface area contributed by atoms with E-state index in [2.05, 4.69) is 20.1 Å². The monoisotopic (exact) mass is 404 g/mol. The van der Waals surface area contributed by atoms with Crippen molar-refractivity contribution in [1.82, 2.24) is 20.1 Å². The first-order chi connectivity index (χ1) is 13.7. The maximum atomic E-state index is 12.7. The van der Waals surface area contributed by atoms with Crippen molar-refractivity contribution in [3.05, 3.63) is 71.7 Å². The molecule has 3 rings (SSSR count). The Kier molecular flexibility index (Phi) is 5.86. The van der Waals surface area contributed by atoms with Crippen LogP contribution in [-0.4, -0.2) is 27.0 Å². The van der Waals surface area contributed by atoms with Gasteiger partial charge in [-0.05, 0) is 35.7 Å². The lowest BCUT2D eigenvalue weighted by atomic mass is 10.1. The van der Waals surface area contributed by atoms with Crippen molar-refractivity contribution in [2.45, 2.75) is 32.7 Å². The summed E-state index contributed by atoms with van der Waals surface area (Å²) in [5.41, 5.74) is 1.77. The van der Waals surface area contributed by atoms with Gasteiger partial charge in [0, 0.05) is 12.7 Å². The fraction of sp³-hybridized carbons (Fsp3) is 0.250. The van der Waals surface area contributed by atoms with Gasteiger partial charge in [-0.1, -0.05) is 32.0 Å². The van der Waals surface area contributed by atoms with E-state index < -0.39 is 6.36 Å². The third-order valence-corrected chi connectivity index (χ3v) is 4.07. The van der Waals surface area contributed by atoms with E-state index >= 15 is 0 Å². The van der Waals surface area contributed by atoms with Gasteiger partial charge < -0.3 is 10.1 Å². The molecule has 0 atom stereocenters. The average molecular weight is 404 g/mol. The number of carbonyl (C=O) groups excluding carboxylic acids is 1. The Morgan fingerprint density at radius 1 is 1.17 bits per heavy atom. The summed E-state index contributed by atoms with van der Waals surface area (Å²) in [6.45, 7) is 4.05. The van der Waals surface area contributed by atoms with Crippen LogP contribution in [0.4, 0.5) is 13.2 Å². The standard InChI is InChI=1S/C20H19F3N4O2/c1-13(2)18-16(12-26-27(18)17-5-3-4-10-24-17)19(28)25-11-14-6-8-15(9-7-14)29-20(21,22)23/h3-10,12-13H,11H2,1-2H3,(H,25,28). The zero-order valence-corrected chi connectivity index (χ0v) is 15.8. The van der Waals surface area contributed by atoms with Crippen molar-refractivity contribution in [2.75, 3.05) is 0 Å². The number of alkyl halides is 3. The van der Waals surface area contributed by atoms with Crippen molar-refractivity contribution >= 4 is 5.91 Å². The first-order valence-corrected chi connectivity index (χ1v) is 8.87. The van der Waals surface area contributed by atoms with Crippen LogP contribution in [0.3, 0.4) is 0 Å². The molecule has 0 saturated heterocycles. The first kappa shape index (κ1) is 20.4. The number of pyridine rings is 1. The zero-order chi connectivity index (χ0) is 21.0. The molecular weight excluding hydrogens is 385 g/mol. The number of ether oxygens (including phenoxy) is 1. The van der Waals surface area contributed by atoms with Gasteiger partial charge in [0.05, 0.1) is 17.5 Å². The zero-order valence-electron chi connectivity index (χ0n) is 15.8. The predicted octanol–water partition coefficient (Wildman–Crippen LogP) is 4.22. The van der Waals surface area contributed by atoms with Gasteiger partial charge >= 0.3 is 6.36 Å². The number of amides is 1. The van der Waals surface area contributed by atoms with Crippen LogP contribution < -0.4 is 10.1 Å². The number of hydrogen-bond donors (Lipinski definition) is 1. The van der Waals surface area contributed by atoms with E-state index in [1.807, 2.05) is 19.9 Å². The Balaban J connectivity index is 1.72. The smallest absolute Gasteiger partial charge is 0.406 e. The summed E-state index contributed by atoms with van der Waals surface area (Å²) in [4.78, 5) is 17.0. The van der Waals surface area contributed by atoms with Crippen LogP contribution in [0.25, 0.3) is 5.82 Å². The van der Waals surface area contributed by atoms with E-state index in [-0.39, 0.29) is 24.1 Å². The summed E-state index contributed by atoms with van der Waals surface area (Å²) in [5, 5.41) is 7.07. The number of rotatable bonds is 6. The molecule has 9 heteroatoms. The molecule has 0 aliphatic carbocycles. The normalized spacial score (nSPS) is 11.5. The Labute approximate surface area is 165 Å². The lowest BCUT2D eigenvalue weighted by Gasteiger charge is -2.12. The van der Waals surface area contributed by atoms with Crippen LogP contribution in [0.2, 0.25) is 0 Å². The number of carbonyl (C=O) groups is 1. The molecule has 2 heterocycles. The SMILES string of the molecule is CC(C)c1c(C(=O)NCc2ccc(OC(F)(F)F)cc2)cnn1-c1ccccn1. The van der Waals surface area contributed by atoms with Gasteiger partial charge in [0.25, 0.3) is 5.91 Å². The van der Waals surface area contributed by atoms with Crippen molar-refractivity contribution in [3.63, 3.8) is 0 Å². The largest absolute Gasteiger partial charge is 0.573 e. The van der Waals surface area contributed by atoms with Gasteiger partial charge in [-0.3, -0.25) is 4.79 Å². The average Bonchev–Trinajstić information content (AvgIpc) is 3.12. The second kappa shape index (κ2) is 8.34. The molecule has 1 N–H and O–H groups in total. The van der Waals surface area contributed by atoms with Crippen molar-refractivity contribution in [1.29, 1.82) is 0 Å². The summed E-state index contributed by atoms with van der Waals surface area (Å²) < 4.78 is 42.1. The minimum Gasteiger partial charge on any atom is -0.406 e. The topological polar surface area (TPSA) is 69.0 Å². The fourth-order valence-corrected chi connectivity index (χ4v) is 2.84. The Bertz CT molecular complexity index is 968. The minimum atomic E-state index is -4.74. The molecule has 1 amide bonds. The summed E-state index contributed by atoms with van der Waals surface area (Å²) in [6.07, 6.45) is -1.61. The maximum Gasteiger partial charge on any atom is 0.573 e. The van der Waals surface area contributed by atoms with E-state index in [0.29, 0.717) is 16.9 Å².